The van der Waals surface area contributed by atoms with Crippen LogP contribution in [0, 0.1) is 0 Å². The molecule has 0 spiro atoms. The number of imidazole rings is 1. The summed E-state index contributed by atoms with van der Waals surface area (Å²) in [6, 6.07) is 6.08. The van der Waals surface area contributed by atoms with Crippen LogP contribution >= 0.6 is 0 Å². The van der Waals surface area contributed by atoms with Crippen molar-refractivity contribution in [2.24, 2.45) is 0 Å². The van der Waals surface area contributed by atoms with Gasteiger partial charge in [-0.3, -0.25) is 4.79 Å². The van der Waals surface area contributed by atoms with Crippen LogP contribution in [0.4, 0.5) is 0 Å². The Balaban J connectivity index is 1.74. The van der Waals surface area contributed by atoms with Crippen molar-refractivity contribution in [3.8, 4) is 0 Å². The van der Waals surface area contributed by atoms with E-state index in [0.29, 0.717) is 18.2 Å². The molecular weight excluding hydrogens is 264 g/mol. The van der Waals surface area contributed by atoms with Gasteiger partial charge >= 0.3 is 0 Å². The molecule has 1 heterocycles. The highest BCUT2D eigenvalue weighted by atomic mass is 16.1. The predicted octanol–water partition coefficient (Wildman–Crippen LogP) is 2.41. The molecule has 5 heteroatoms. The third kappa shape index (κ3) is 4.29. The van der Waals surface area contributed by atoms with Gasteiger partial charge in [0.05, 0.1) is 17.4 Å². The molecule has 0 atom stereocenters. The van der Waals surface area contributed by atoms with Crippen LogP contribution in [0.5, 0.6) is 0 Å². The van der Waals surface area contributed by atoms with Crippen LogP contribution in [0.2, 0.25) is 0 Å². The number of aromatic amines is 1. The largest absolute Gasteiger partial charge is 0.352 e. The van der Waals surface area contributed by atoms with Crippen molar-refractivity contribution >= 4 is 16.9 Å². The van der Waals surface area contributed by atoms with Crippen LogP contribution < -0.4 is 5.32 Å². The fourth-order valence-electron chi connectivity index (χ4n) is 2.13. The van der Waals surface area contributed by atoms with Gasteiger partial charge in [0.25, 0.3) is 5.91 Å². The lowest BCUT2D eigenvalue weighted by atomic mass is 10.2. The second-order valence-corrected chi connectivity index (χ2v) is 5.67. The Kier molecular flexibility index (Phi) is 5.33. The monoisotopic (exact) mass is 288 g/mol. The molecule has 0 fully saturated rings. The van der Waals surface area contributed by atoms with Crippen LogP contribution in [0.3, 0.4) is 0 Å². The van der Waals surface area contributed by atoms with Crippen molar-refractivity contribution < 1.29 is 4.79 Å². The van der Waals surface area contributed by atoms with Gasteiger partial charge in [-0.1, -0.05) is 0 Å². The molecule has 1 aromatic heterocycles. The summed E-state index contributed by atoms with van der Waals surface area (Å²) in [4.78, 5) is 21.5. The topological polar surface area (TPSA) is 61.0 Å². The summed E-state index contributed by atoms with van der Waals surface area (Å²) in [5.74, 6) is -0.0243. The van der Waals surface area contributed by atoms with E-state index in [4.69, 9.17) is 0 Å². The number of aromatic nitrogens is 2. The molecule has 5 nitrogen and oxygen atoms in total. The number of nitrogens with one attached hydrogen (secondary N) is 2. The lowest BCUT2D eigenvalue weighted by Gasteiger charge is -2.20. The first-order chi connectivity index (χ1) is 10.1. The van der Waals surface area contributed by atoms with Crippen LogP contribution in [-0.4, -0.2) is 47.0 Å². The second-order valence-electron chi connectivity index (χ2n) is 5.67. The molecule has 0 unspecified atom stereocenters. The SMILES string of the molecule is CC(C)N(C)CCCCNC(=O)c1ccc2nc[nH]c2c1. The van der Waals surface area contributed by atoms with Gasteiger partial charge in [-0.25, -0.2) is 4.98 Å². The molecule has 0 saturated heterocycles. The minimum Gasteiger partial charge on any atom is -0.352 e. The molecule has 2 aromatic rings. The molecule has 114 valence electrons. The fraction of sp³-hybridized carbons (Fsp3) is 0.500. The van der Waals surface area contributed by atoms with E-state index in [1.54, 1.807) is 6.33 Å². The Labute approximate surface area is 125 Å². The molecule has 0 radical (unpaired) electrons. The average Bonchev–Trinajstić information content (AvgIpc) is 2.93. The first-order valence-corrected chi connectivity index (χ1v) is 7.49. The Bertz CT molecular complexity index is 591. The number of carbonyl (C=O) groups is 1. The Morgan fingerprint density at radius 1 is 1.38 bits per heavy atom. The fourth-order valence-corrected chi connectivity index (χ4v) is 2.13. The standard InChI is InChI=1S/C16H24N4O/c1-12(2)20(3)9-5-4-8-17-16(21)13-6-7-14-15(10-13)19-11-18-14/h6-7,10-12H,4-5,8-9H2,1-3H3,(H,17,21)(H,18,19). The quantitative estimate of drug-likeness (QED) is 0.769. The maximum Gasteiger partial charge on any atom is 0.251 e. The van der Waals surface area contributed by atoms with E-state index in [1.807, 2.05) is 18.2 Å². The molecule has 0 aliphatic heterocycles. The highest BCUT2D eigenvalue weighted by molar-refractivity contribution is 5.97. The van der Waals surface area contributed by atoms with Crippen molar-refractivity contribution in [3.63, 3.8) is 0 Å². The molecule has 0 aliphatic rings. The van der Waals surface area contributed by atoms with E-state index in [9.17, 15) is 4.79 Å². The van der Waals surface area contributed by atoms with Gasteiger partial charge in [0.15, 0.2) is 0 Å². The van der Waals surface area contributed by atoms with Crippen molar-refractivity contribution in [1.29, 1.82) is 0 Å². The molecule has 0 aliphatic carbocycles. The zero-order valence-corrected chi connectivity index (χ0v) is 13.0. The summed E-state index contributed by atoms with van der Waals surface area (Å²) in [5, 5.41) is 2.97. The molecule has 1 amide bonds. The third-order valence-electron chi connectivity index (χ3n) is 3.79. The van der Waals surface area contributed by atoms with E-state index in [2.05, 4.69) is 41.1 Å². The van der Waals surface area contributed by atoms with Gasteiger partial charge in [0.2, 0.25) is 0 Å². The maximum absolute atomic E-state index is 12.1. The molecular formula is C16H24N4O. The smallest absolute Gasteiger partial charge is 0.251 e. The Morgan fingerprint density at radius 3 is 2.95 bits per heavy atom. The van der Waals surface area contributed by atoms with E-state index >= 15 is 0 Å². The van der Waals surface area contributed by atoms with Crippen molar-refractivity contribution in [1.82, 2.24) is 20.2 Å². The number of nitrogens with zero attached hydrogens (tertiary/aromatic N) is 2. The highest BCUT2D eigenvalue weighted by Gasteiger charge is 2.07. The van der Waals surface area contributed by atoms with Crippen LogP contribution in [0.1, 0.15) is 37.0 Å². The van der Waals surface area contributed by atoms with Gasteiger partial charge in [0.1, 0.15) is 0 Å². The minimum absolute atomic E-state index is 0.0243. The maximum atomic E-state index is 12.1. The van der Waals surface area contributed by atoms with Gasteiger partial charge in [-0.15, -0.1) is 0 Å². The number of amides is 1. The summed E-state index contributed by atoms with van der Waals surface area (Å²) in [7, 11) is 2.13. The first kappa shape index (κ1) is 15.5. The molecule has 2 rings (SSSR count). The number of rotatable bonds is 7. The molecule has 2 N–H and O–H groups in total. The average molecular weight is 288 g/mol. The van der Waals surface area contributed by atoms with Crippen molar-refractivity contribution in [3.05, 3.63) is 30.1 Å². The van der Waals surface area contributed by atoms with E-state index in [-0.39, 0.29) is 5.91 Å². The molecule has 0 saturated carbocycles. The first-order valence-electron chi connectivity index (χ1n) is 7.49. The lowest BCUT2D eigenvalue weighted by molar-refractivity contribution is 0.0952. The summed E-state index contributed by atoms with van der Waals surface area (Å²) in [6.07, 6.45) is 3.72. The van der Waals surface area contributed by atoms with E-state index in [0.717, 1.165) is 30.4 Å². The second kappa shape index (κ2) is 7.22. The summed E-state index contributed by atoms with van der Waals surface area (Å²) >= 11 is 0. The minimum atomic E-state index is -0.0243. The summed E-state index contributed by atoms with van der Waals surface area (Å²) < 4.78 is 0. The van der Waals surface area contributed by atoms with E-state index in [1.165, 1.54) is 0 Å². The Morgan fingerprint density at radius 2 is 2.19 bits per heavy atom. The van der Waals surface area contributed by atoms with Crippen molar-refractivity contribution in [2.45, 2.75) is 32.7 Å². The number of carbonyl (C=O) groups excluding carboxylic acids is 1. The lowest BCUT2D eigenvalue weighted by Crippen LogP contribution is -2.29. The van der Waals surface area contributed by atoms with Crippen LogP contribution in [0.25, 0.3) is 11.0 Å². The van der Waals surface area contributed by atoms with Crippen LogP contribution in [0.15, 0.2) is 24.5 Å². The van der Waals surface area contributed by atoms with E-state index < -0.39 is 0 Å². The van der Waals surface area contributed by atoms with Gasteiger partial charge in [0, 0.05) is 18.2 Å². The number of unbranched alkanes of at least 4 members (excludes halogenated alkanes) is 1. The number of fused-ring (bicyclic) bond motifs is 1. The number of hydrogen-bond donors (Lipinski definition) is 2. The summed E-state index contributed by atoms with van der Waals surface area (Å²) in [5.41, 5.74) is 2.44. The van der Waals surface area contributed by atoms with Crippen molar-refractivity contribution in [2.75, 3.05) is 20.1 Å². The number of benzene rings is 1. The number of H-pyrrole nitrogens is 1. The molecule has 21 heavy (non-hydrogen) atoms. The third-order valence-corrected chi connectivity index (χ3v) is 3.79. The van der Waals surface area contributed by atoms with Gasteiger partial charge < -0.3 is 15.2 Å². The zero-order valence-electron chi connectivity index (χ0n) is 13.0. The molecule has 0 bridgehead atoms. The van der Waals surface area contributed by atoms with Crippen LogP contribution in [-0.2, 0) is 0 Å². The zero-order chi connectivity index (χ0) is 15.2. The highest BCUT2D eigenvalue weighted by Crippen LogP contribution is 2.11. The predicted molar refractivity (Wildman–Crippen MR) is 85.4 cm³/mol. The summed E-state index contributed by atoms with van der Waals surface area (Å²) in [6.45, 7) is 6.15. The van der Waals surface area contributed by atoms with Gasteiger partial charge in [-0.2, -0.15) is 0 Å². The number of hydrogen-bond acceptors (Lipinski definition) is 3. The molecule has 1 aromatic carbocycles. The van der Waals surface area contributed by atoms with Gasteiger partial charge in [-0.05, 0) is 58.5 Å². The Hall–Kier alpha value is -1.88. The normalized spacial score (nSPS) is 11.5.